The Balaban J connectivity index is 1.89. The Hall–Kier alpha value is -0.870. The third-order valence-electron chi connectivity index (χ3n) is 4.41. The maximum absolute atomic E-state index is 9.86. The highest BCUT2D eigenvalue weighted by atomic mass is 16.3. The van der Waals surface area contributed by atoms with Crippen molar-refractivity contribution < 1.29 is 5.11 Å². The molecule has 4 nitrogen and oxygen atoms in total. The van der Waals surface area contributed by atoms with E-state index in [1.54, 1.807) is 0 Å². The van der Waals surface area contributed by atoms with Crippen molar-refractivity contribution in [1.82, 2.24) is 14.5 Å². The smallest absolute Gasteiger partial charge is 0.126 e. The normalized spacial score (nSPS) is 29.2. The van der Waals surface area contributed by atoms with Crippen molar-refractivity contribution in [1.29, 1.82) is 0 Å². The van der Waals surface area contributed by atoms with Gasteiger partial charge in [-0.2, -0.15) is 0 Å². The average Bonchev–Trinajstić information content (AvgIpc) is 2.81. The molecule has 4 heteroatoms. The number of aliphatic hydroxyl groups excluding tert-OH is 1. The van der Waals surface area contributed by atoms with Gasteiger partial charge in [-0.15, -0.1) is 0 Å². The highest BCUT2D eigenvalue weighted by Gasteiger charge is 2.29. The molecule has 0 aromatic carbocycles. The van der Waals surface area contributed by atoms with Gasteiger partial charge in [-0.3, -0.25) is 4.90 Å². The third-order valence-corrected chi connectivity index (χ3v) is 4.41. The summed E-state index contributed by atoms with van der Waals surface area (Å²) in [6.45, 7) is 5.24. The molecule has 0 saturated carbocycles. The van der Waals surface area contributed by atoms with Crippen LogP contribution in [0.3, 0.4) is 0 Å². The standard InChI is InChI=1S/C14H23N3O/c1-2-16-8-4-3-5-13(16)14-15-9-11-6-7-12(18)10-17(11)14/h9,12-13,18H,2-8,10H2,1H3. The van der Waals surface area contributed by atoms with Gasteiger partial charge in [0.1, 0.15) is 5.82 Å². The predicted molar refractivity (Wildman–Crippen MR) is 70.4 cm³/mol. The molecule has 1 aromatic rings. The van der Waals surface area contributed by atoms with E-state index in [1.165, 1.54) is 37.3 Å². The number of nitrogens with zero attached hydrogens (tertiary/aromatic N) is 3. The largest absolute Gasteiger partial charge is 0.391 e. The lowest BCUT2D eigenvalue weighted by Gasteiger charge is -2.35. The Labute approximate surface area is 109 Å². The van der Waals surface area contributed by atoms with Crippen molar-refractivity contribution in [3.8, 4) is 0 Å². The minimum absolute atomic E-state index is 0.191. The number of fused-ring (bicyclic) bond motifs is 1. The van der Waals surface area contributed by atoms with E-state index in [9.17, 15) is 5.11 Å². The molecule has 1 fully saturated rings. The Bertz CT molecular complexity index is 415. The summed E-state index contributed by atoms with van der Waals surface area (Å²) in [4.78, 5) is 7.19. The zero-order valence-corrected chi connectivity index (χ0v) is 11.2. The number of likely N-dealkylation sites (tertiary alicyclic amines) is 1. The zero-order chi connectivity index (χ0) is 12.5. The van der Waals surface area contributed by atoms with Crippen LogP contribution in [-0.2, 0) is 13.0 Å². The van der Waals surface area contributed by atoms with E-state index in [0.29, 0.717) is 6.04 Å². The van der Waals surface area contributed by atoms with E-state index in [0.717, 1.165) is 25.9 Å². The van der Waals surface area contributed by atoms with Gasteiger partial charge in [0.15, 0.2) is 0 Å². The summed E-state index contributed by atoms with van der Waals surface area (Å²) in [5.41, 5.74) is 1.30. The molecule has 2 unspecified atom stereocenters. The van der Waals surface area contributed by atoms with Crippen molar-refractivity contribution in [3.05, 3.63) is 17.7 Å². The minimum Gasteiger partial charge on any atom is -0.391 e. The highest BCUT2D eigenvalue weighted by Crippen LogP contribution is 2.31. The first-order chi connectivity index (χ1) is 8.79. The van der Waals surface area contributed by atoms with Gasteiger partial charge in [0.2, 0.25) is 0 Å². The van der Waals surface area contributed by atoms with Crippen LogP contribution in [0, 0.1) is 0 Å². The van der Waals surface area contributed by atoms with Gasteiger partial charge in [0.05, 0.1) is 18.7 Å². The number of hydrogen-bond acceptors (Lipinski definition) is 3. The molecule has 1 saturated heterocycles. The second kappa shape index (κ2) is 5.02. The minimum atomic E-state index is -0.191. The molecule has 0 radical (unpaired) electrons. The molecular formula is C14H23N3O. The molecule has 2 aliphatic heterocycles. The Morgan fingerprint density at radius 3 is 3.11 bits per heavy atom. The number of rotatable bonds is 2. The summed E-state index contributed by atoms with van der Waals surface area (Å²) in [6.07, 6.45) is 7.49. The summed E-state index contributed by atoms with van der Waals surface area (Å²) in [6, 6.07) is 0.461. The topological polar surface area (TPSA) is 41.3 Å². The number of aliphatic hydroxyl groups is 1. The van der Waals surface area contributed by atoms with Crippen molar-refractivity contribution in [3.63, 3.8) is 0 Å². The van der Waals surface area contributed by atoms with Crippen LogP contribution in [0.15, 0.2) is 6.20 Å². The molecule has 0 spiro atoms. The molecule has 1 N–H and O–H groups in total. The summed E-state index contributed by atoms with van der Waals surface area (Å²) >= 11 is 0. The number of imidazole rings is 1. The van der Waals surface area contributed by atoms with Gasteiger partial charge in [0.25, 0.3) is 0 Å². The lowest BCUT2D eigenvalue weighted by atomic mass is 10.0. The SMILES string of the molecule is CCN1CCCCC1c1ncc2n1CC(O)CC2. The van der Waals surface area contributed by atoms with Crippen LogP contribution in [0.25, 0.3) is 0 Å². The van der Waals surface area contributed by atoms with E-state index in [2.05, 4.69) is 21.4 Å². The Morgan fingerprint density at radius 2 is 2.28 bits per heavy atom. The highest BCUT2D eigenvalue weighted by molar-refractivity contribution is 5.12. The lowest BCUT2D eigenvalue weighted by Crippen LogP contribution is -2.36. The van der Waals surface area contributed by atoms with E-state index in [-0.39, 0.29) is 6.10 Å². The van der Waals surface area contributed by atoms with E-state index >= 15 is 0 Å². The molecule has 2 aliphatic rings. The maximum Gasteiger partial charge on any atom is 0.126 e. The van der Waals surface area contributed by atoms with Crippen LogP contribution in [0.2, 0.25) is 0 Å². The van der Waals surface area contributed by atoms with Crippen LogP contribution in [-0.4, -0.2) is 38.8 Å². The van der Waals surface area contributed by atoms with E-state index in [1.807, 2.05) is 6.20 Å². The Morgan fingerprint density at radius 1 is 1.39 bits per heavy atom. The summed E-state index contributed by atoms with van der Waals surface area (Å²) < 4.78 is 2.27. The number of aromatic nitrogens is 2. The molecule has 0 bridgehead atoms. The summed E-state index contributed by atoms with van der Waals surface area (Å²) in [5, 5.41) is 9.86. The third kappa shape index (κ3) is 2.08. The van der Waals surface area contributed by atoms with Crippen LogP contribution in [0.5, 0.6) is 0 Å². The van der Waals surface area contributed by atoms with Crippen molar-refractivity contribution in [2.45, 2.75) is 57.7 Å². The van der Waals surface area contributed by atoms with Crippen molar-refractivity contribution >= 4 is 0 Å². The van der Waals surface area contributed by atoms with E-state index in [4.69, 9.17) is 0 Å². The van der Waals surface area contributed by atoms with Gasteiger partial charge in [-0.1, -0.05) is 13.3 Å². The molecular weight excluding hydrogens is 226 g/mol. The maximum atomic E-state index is 9.86. The fourth-order valence-corrected chi connectivity index (χ4v) is 3.38. The van der Waals surface area contributed by atoms with Crippen LogP contribution in [0.1, 0.15) is 50.2 Å². The van der Waals surface area contributed by atoms with Gasteiger partial charge in [-0.25, -0.2) is 4.98 Å². The first kappa shape index (κ1) is 12.2. The van der Waals surface area contributed by atoms with Crippen molar-refractivity contribution in [2.24, 2.45) is 0 Å². The molecule has 0 aliphatic carbocycles. The molecule has 100 valence electrons. The second-order valence-corrected chi connectivity index (χ2v) is 5.55. The number of piperidine rings is 1. The molecule has 1 aromatic heterocycles. The molecule has 2 atom stereocenters. The molecule has 3 heterocycles. The van der Waals surface area contributed by atoms with Gasteiger partial charge in [0, 0.05) is 11.9 Å². The van der Waals surface area contributed by atoms with Gasteiger partial charge < -0.3 is 9.67 Å². The monoisotopic (exact) mass is 249 g/mol. The van der Waals surface area contributed by atoms with Gasteiger partial charge in [-0.05, 0) is 38.8 Å². The molecule has 18 heavy (non-hydrogen) atoms. The molecule has 3 rings (SSSR count). The fourth-order valence-electron chi connectivity index (χ4n) is 3.38. The summed E-state index contributed by atoms with van der Waals surface area (Å²) in [7, 11) is 0. The predicted octanol–water partition coefficient (Wildman–Crippen LogP) is 1.74. The quantitative estimate of drug-likeness (QED) is 0.868. The van der Waals surface area contributed by atoms with E-state index < -0.39 is 0 Å². The zero-order valence-electron chi connectivity index (χ0n) is 11.2. The van der Waals surface area contributed by atoms with Gasteiger partial charge >= 0.3 is 0 Å². The fraction of sp³-hybridized carbons (Fsp3) is 0.786. The number of hydrogen-bond donors (Lipinski definition) is 1. The summed E-state index contributed by atoms with van der Waals surface area (Å²) in [5.74, 6) is 1.19. The average molecular weight is 249 g/mol. The lowest BCUT2D eigenvalue weighted by molar-refractivity contribution is 0.115. The molecule has 0 amide bonds. The first-order valence-electron chi connectivity index (χ1n) is 7.26. The van der Waals surface area contributed by atoms with Crippen molar-refractivity contribution in [2.75, 3.05) is 13.1 Å². The Kier molecular flexibility index (Phi) is 3.39. The van der Waals surface area contributed by atoms with Crippen LogP contribution in [0.4, 0.5) is 0 Å². The first-order valence-corrected chi connectivity index (χ1v) is 7.26. The second-order valence-electron chi connectivity index (χ2n) is 5.55. The van der Waals surface area contributed by atoms with Crippen LogP contribution < -0.4 is 0 Å². The number of aryl methyl sites for hydroxylation is 1. The van der Waals surface area contributed by atoms with Crippen LogP contribution >= 0.6 is 0 Å².